The Morgan fingerprint density at radius 1 is 0.892 bits per heavy atom. The minimum absolute atomic E-state index is 0.000305. The van der Waals surface area contributed by atoms with E-state index in [-0.39, 0.29) is 18.6 Å². The molecule has 2 aliphatic carbocycles. The molecule has 0 spiro atoms. The van der Waals surface area contributed by atoms with Crippen LogP contribution >= 0.6 is 0 Å². The van der Waals surface area contributed by atoms with Crippen molar-refractivity contribution in [3.05, 3.63) is 88.3 Å². The van der Waals surface area contributed by atoms with Crippen LogP contribution in [0.3, 0.4) is 0 Å². The fourth-order valence-corrected chi connectivity index (χ4v) is 7.94. The second kappa shape index (κ2) is 8.99. The highest BCUT2D eigenvalue weighted by Crippen LogP contribution is 2.56. The summed E-state index contributed by atoms with van der Waals surface area (Å²) in [6.07, 6.45) is 0.0344. The SMILES string of the molecule is COC(=O)C1(C(=O)OC)CC2=C([Si](C)(C)C)C(=O)C(c3ccccc3)c3c(-c4ccccc4)oc(c32)C1. The molecule has 5 rings (SSSR count). The zero-order valence-electron chi connectivity index (χ0n) is 21.7. The third kappa shape index (κ3) is 3.80. The van der Waals surface area contributed by atoms with E-state index in [1.807, 2.05) is 60.7 Å². The molecule has 2 aliphatic rings. The Hall–Kier alpha value is -3.71. The van der Waals surface area contributed by atoms with Gasteiger partial charge in [-0.15, -0.1) is 0 Å². The molecule has 1 atom stereocenters. The smallest absolute Gasteiger partial charge is 0.324 e. The van der Waals surface area contributed by atoms with Gasteiger partial charge in [0.2, 0.25) is 0 Å². The summed E-state index contributed by atoms with van der Waals surface area (Å²) in [6, 6.07) is 19.4. The van der Waals surface area contributed by atoms with Crippen molar-refractivity contribution in [3.8, 4) is 11.3 Å². The van der Waals surface area contributed by atoms with Crippen molar-refractivity contribution in [2.45, 2.75) is 38.4 Å². The van der Waals surface area contributed by atoms with Crippen molar-refractivity contribution in [2.24, 2.45) is 5.41 Å². The van der Waals surface area contributed by atoms with E-state index in [0.717, 1.165) is 27.5 Å². The summed E-state index contributed by atoms with van der Waals surface area (Å²) in [5.41, 5.74) is 2.47. The highest BCUT2D eigenvalue weighted by atomic mass is 28.3. The maximum absolute atomic E-state index is 14.5. The molecule has 0 fully saturated rings. The Bertz CT molecular complexity index is 1410. The van der Waals surface area contributed by atoms with Gasteiger partial charge in [-0.1, -0.05) is 80.3 Å². The number of benzene rings is 2. The monoisotopic (exact) mass is 514 g/mol. The van der Waals surface area contributed by atoms with E-state index in [9.17, 15) is 14.4 Å². The number of furan rings is 1. The molecule has 1 unspecified atom stereocenters. The fraction of sp³-hybridized carbons (Fsp3) is 0.300. The Labute approximate surface area is 217 Å². The summed E-state index contributed by atoms with van der Waals surface area (Å²) < 4.78 is 16.8. The molecule has 0 aliphatic heterocycles. The predicted molar refractivity (Wildman–Crippen MR) is 142 cm³/mol. The van der Waals surface area contributed by atoms with Gasteiger partial charge in [-0.2, -0.15) is 0 Å². The van der Waals surface area contributed by atoms with Gasteiger partial charge in [0.25, 0.3) is 0 Å². The first kappa shape index (κ1) is 25.0. The summed E-state index contributed by atoms with van der Waals surface area (Å²) in [5.74, 6) is -0.824. The first-order chi connectivity index (χ1) is 17.6. The van der Waals surface area contributed by atoms with Gasteiger partial charge in [-0.25, -0.2) is 0 Å². The summed E-state index contributed by atoms with van der Waals surface area (Å²) in [6.45, 7) is 6.35. The van der Waals surface area contributed by atoms with Gasteiger partial charge in [-0.3, -0.25) is 14.4 Å². The number of esters is 2. The van der Waals surface area contributed by atoms with Gasteiger partial charge in [0.05, 0.1) is 28.2 Å². The van der Waals surface area contributed by atoms with Gasteiger partial charge < -0.3 is 13.9 Å². The lowest BCUT2D eigenvalue weighted by atomic mass is 9.66. The van der Waals surface area contributed by atoms with Crippen LogP contribution in [0.2, 0.25) is 19.6 Å². The van der Waals surface area contributed by atoms with Gasteiger partial charge in [0.1, 0.15) is 11.5 Å². The van der Waals surface area contributed by atoms with Crippen LogP contribution in [0.25, 0.3) is 16.9 Å². The van der Waals surface area contributed by atoms with Crippen LogP contribution in [0.1, 0.15) is 34.8 Å². The third-order valence-electron chi connectivity index (χ3n) is 7.43. The topological polar surface area (TPSA) is 82.8 Å². The van der Waals surface area contributed by atoms with Crippen LogP contribution in [0.15, 0.2) is 70.3 Å². The number of ether oxygens (including phenoxy) is 2. The molecular weight excluding hydrogens is 484 g/mol. The number of allylic oxidation sites excluding steroid dienone is 2. The van der Waals surface area contributed by atoms with Crippen LogP contribution in [0, 0.1) is 5.41 Å². The average molecular weight is 515 g/mol. The number of hydrogen-bond acceptors (Lipinski definition) is 6. The molecular formula is C30H30O6Si. The quantitative estimate of drug-likeness (QED) is 0.251. The molecule has 1 heterocycles. The highest BCUT2D eigenvalue weighted by Gasteiger charge is 2.57. The van der Waals surface area contributed by atoms with Gasteiger partial charge >= 0.3 is 11.9 Å². The number of ketones is 1. The van der Waals surface area contributed by atoms with Gasteiger partial charge in [-0.05, 0) is 16.3 Å². The van der Waals surface area contributed by atoms with Crippen molar-refractivity contribution in [2.75, 3.05) is 14.2 Å². The van der Waals surface area contributed by atoms with Crippen molar-refractivity contribution >= 4 is 31.4 Å². The number of rotatable bonds is 5. The molecule has 6 nitrogen and oxygen atoms in total. The maximum atomic E-state index is 14.5. The molecule has 0 bridgehead atoms. The van der Waals surface area contributed by atoms with Crippen LogP contribution in [-0.2, 0) is 30.3 Å². The number of carbonyl (C=O) groups excluding carboxylic acids is 3. The molecule has 0 amide bonds. The van der Waals surface area contributed by atoms with Crippen LogP contribution in [0.4, 0.5) is 0 Å². The van der Waals surface area contributed by atoms with E-state index in [4.69, 9.17) is 13.9 Å². The van der Waals surface area contributed by atoms with Crippen molar-refractivity contribution < 1.29 is 28.3 Å². The van der Waals surface area contributed by atoms with Crippen molar-refractivity contribution in [3.63, 3.8) is 0 Å². The summed E-state index contributed by atoms with van der Waals surface area (Å²) in [7, 11) is 0.247. The van der Waals surface area contributed by atoms with Crippen LogP contribution in [0.5, 0.6) is 0 Å². The Morgan fingerprint density at radius 3 is 2.00 bits per heavy atom. The van der Waals surface area contributed by atoms with E-state index in [2.05, 4.69) is 19.6 Å². The first-order valence-corrected chi connectivity index (χ1v) is 15.8. The molecule has 3 aromatic rings. The highest BCUT2D eigenvalue weighted by molar-refractivity contribution is 6.88. The fourth-order valence-electron chi connectivity index (χ4n) is 5.94. The molecule has 0 saturated heterocycles. The molecule has 190 valence electrons. The largest absolute Gasteiger partial charge is 0.468 e. The Morgan fingerprint density at radius 2 is 1.46 bits per heavy atom. The average Bonchev–Trinajstić information content (AvgIpc) is 3.27. The maximum Gasteiger partial charge on any atom is 0.324 e. The molecule has 37 heavy (non-hydrogen) atoms. The summed E-state index contributed by atoms with van der Waals surface area (Å²) >= 11 is 0. The van der Waals surface area contributed by atoms with E-state index in [1.54, 1.807) is 0 Å². The van der Waals surface area contributed by atoms with E-state index >= 15 is 0 Å². The summed E-state index contributed by atoms with van der Waals surface area (Å²) in [5, 5.41) is 0.729. The molecule has 0 saturated carbocycles. The minimum atomic E-state index is -2.27. The number of hydrogen-bond donors (Lipinski definition) is 0. The van der Waals surface area contributed by atoms with Crippen LogP contribution < -0.4 is 0 Å². The lowest BCUT2D eigenvalue weighted by Gasteiger charge is -2.39. The first-order valence-electron chi connectivity index (χ1n) is 12.3. The molecule has 0 N–H and O–H groups in total. The number of Topliss-reactive ketones (excluding diaryl/α,β-unsaturated/α-hetero) is 1. The van der Waals surface area contributed by atoms with E-state index < -0.39 is 31.3 Å². The van der Waals surface area contributed by atoms with Crippen LogP contribution in [-0.4, -0.2) is 40.0 Å². The molecule has 0 radical (unpaired) electrons. The second-order valence-corrected chi connectivity index (χ2v) is 15.7. The lowest BCUT2D eigenvalue weighted by Crippen LogP contribution is -2.47. The number of carbonyl (C=O) groups is 3. The van der Waals surface area contributed by atoms with Crippen molar-refractivity contribution in [1.29, 1.82) is 0 Å². The number of methoxy groups -OCH3 is 2. The predicted octanol–water partition coefficient (Wildman–Crippen LogP) is 5.57. The third-order valence-corrected chi connectivity index (χ3v) is 9.48. The summed E-state index contributed by atoms with van der Waals surface area (Å²) in [4.78, 5) is 40.9. The Balaban J connectivity index is 1.90. The van der Waals surface area contributed by atoms with Gasteiger partial charge in [0, 0.05) is 29.5 Å². The lowest BCUT2D eigenvalue weighted by molar-refractivity contribution is -0.169. The second-order valence-electron chi connectivity index (χ2n) is 10.7. The zero-order chi connectivity index (χ0) is 26.5. The molecule has 2 aromatic carbocycles. The van der Waals surface area contributed by atoms with Gasteiger partial charge in [0.15, 0.2) is 11.2 Å². The molecule has 7 heteroatoms. The normalized spacial score (nSPS) is 18.3. The Kier molecular flexibility index (Phi) is 6.07. The standard InChI is InChI=1S/C30H30O6Si/c1-34-28(32)30(29(33)35-2)16-20-23-21(17-30)36-26(19-14-10-7-11-15-19)24(23)22(18-12-8-6-9-13-18)25(31)27(20)37(3,4)5/h6-15,22H,16-17H2,1-5H3. The van der Waals surface area contributed by atoms with Crippen molar-refractivity contribution in [1.82, 2.24) is 0 Å². The van der Waals surface area contributed by atoms with E-state index in [0.29, 0.717) is 17.1 Å². The zero-order valence-corrected chi connectivity index (χ0v) is 22.7. The minimum Gasteiger partial charge on any atom is -0.468 e. The van der Waals surface area contributed by atoms with E-state index in [1.165, 1.54) is 14.2 Å². The molecule has 1 aromatic heterocycles.